The van der Waals surface area contributed by atoms with Crippen molar-refractivity contribution in [1.82, 2.24) is 24.8 Å². The van der Waals surface area contributed by atoms with Crippen LogP contribution in [0, 0.1) is 0 Å². The largest absolute Gasteiger partial charge is 0.385 e. The number of aromatic nitrogens is 3. The minimum atomic E-state index is -0.320. The summed E-state index contributed by atoms with van der Waals surface area (Å²) in [7, 11) is 1.50. The van der Waals surface area contributed by atoms with Crippen LogP contribution in [-0.4, -0.2) is 95.3 Å². The van der Waals surface area contributed by atoms with Crippen LogP contribution in [0.1, 0.15) is 73.2 Å². The smallest absolute Gasteiger partial charge is 0.257 e. The van der Waals surface area contributed by atoms with Crippen molar-refractivity contribution in [1.29, 1.82) is 0 Å². The molecule has 4 rings (SSSR count). The summed E-state index contributed by atoms with van der Waals surface area (Å²) in [5.41, 5.74) is 10.6. The first-order valence-electron chi connectivity index (χ1n) is 14.5. The SMILES string of the molecule is CCCCCNc1nc(N2CCN(C3CCN(C(=O)c4ccc(=O)[nH]c4N)CC3)C(CC)C2)c(Cl)nc1C=O.CN. The van der Waals surface area contributed by atoms with Gasteiger partial charge in [0.05, 0.1) is 5.56 Å². The second-order valence-electron chi connectivity index (χ2n) is 10.2. The number of unbranched alkanes of at least 4 members (excludes halogenated alkanes) is 2. The fourth-order valence-electron chi connectivity index (χ4n) is 5.57. The van der Waals surface area contributed by atoms with E-state index in [0.29, 0.717) is 48.7 Å². The number of anilines is 3. The molecule has 4 heterocycles. The molecule has 2 aliphatic rings. The van der Waals surface area contributed by atoms with Crippen LogP contribution in [0.3, 0.4) is 0 Å². The van der Waals surface area contributed by atoms with Crippen LogP contribution in [0.2, 0.25) is 5.15 Å². The first-order chi connectivity index (χ1) is 19.9. The van der Waals surface area contributed by atoms with E-state index in [2.05, 4.69) is 44.7 Å². The first kappa shape index (κ1) is 32.3. The number of rotatable bonds is 10. The van der Waals surface area contributed by atoms with E-state index in [1.54, 1.807) is 0 Å². The van der Waals surface area contributed by atoms with Crippen LogP contribution >= 0.6 is 11.6 Å². The van der Waals surface area contributed by atoms with E-state index < -0.39 is 0 Å². The van der Waals surface area contributed by atoms with Crippen molar-refractivity contribution >= 4 is 41.2 Å². The summed E-state index contributed by atoms with van der Waals surface area (Å²) in [5.74, 6) is 1.05. The fraction of sp³-hybridized carbons (Fsp3) is 0.607. The Morgan fingerprint density at radius 2 is 1.88 bits per heavy atom. The van der Waals surface area contributed by atoms with Crippen molar-refractivity contribution in [3.63, 3.8) is 0 Å². The monoisotopic (exact) mass is 589 g/mol. The number of hydrogen-bond acceptors (Lipinski definition) is 10. The highest BCUT2D eigenvalue weighted by atomic mass is 35.5. The first-order valence-corrected chi connectivity index (χ1v) is 14.9. The molecule has 41 heavy (non-hydrogen) atoms. The normalized spacial score (nSPS) is 18.0. The Balaban J connectivity index is 0.00000226. The van der Waals surface area contributed by atoms with Crippen molar-refractivity contribution < 1.29 is 9.59 Å². The molecule has 2 fully saturated rings. The van der Waals surface area contributed by atoms with Gasteiger partial charge in [-0.25, -0.2) is 9.97 Å². The number of aldehydes is 1. The predicted octanol–water partition coefficient (Wildman–Crippen LogP) is 2.60. The zero-order chi connectivity index (χ0) is 29.9. The lowest BCUT2D eigenvalue weighted by molar-refractivity contribution is 0.0491. The van der Waals surface area contributed by atoms with Gasteiger partial charge < -0.3 is 31.6 Å². The molecule has 13 heteroatoms. The van der Waals surface area contributed by atoms with Crippen molar-refractivity contribution in [3.05, 3.63) is 38.9 Å². The molecule has 0 aliphatic carbocycles. The van der Waals surface area contributed by atoms with Crippen LogP contribution in [0.5, 0.6) is 0 Å². The standard InChI is InChI=1S/C27H39ClN8O3.CH5N/c1-3-5-6-11-30-25-21(17-37)31-23(28)26(33-25)35-14-15-36(18(4-2)16-35)19-9-12-34(13-10-19)27(39)20-7-8-22(38)32-24(20)29;1-2/h7-8,17-19H,3-6,9-16H2,1-2H3,(H,30,33)(H3,29,32,38);2H2,1H3. The summed E-state index contributed by atoms with van der Waals surface area (Å²) in [6.45, 7) is 8.67. The summed E-state index contributed by atoms with van der Waals surface area (Å²) < 4.78 is 0. The van der Waals surface area contributed by atoms with Gasteiger partial charge in [0.2, 0.25) is 5.56 Å². The van der Waals surface area contributed by atoms with E-state index in [9.17, 15) is 14.4 Å². The molecule has 0 radical (unpaired) electrons. The van der Waals surface area contributed by atoms with Crippen molar-refractivity contribution in [2.75, 3.05) is 62.3 Å². The molecule has 0 saturated carbocycles. The Hall–Kier alpha value is -3.22. The lowest BCUT2D eigenvalue weighted by Crippen LogP contribution is -2.58. The molecule has 2 aliphatic heterocycles. The quantitative estimate of drug-likeness (QED) is 0.239. The molecule has 2 aromatic rings. The third-order valence-electron chi connectivity index (χ3n) is 7.75. The zero-order valence-electron chi connectivity index (χ0n) is 24.4. The van der Waals surface area contributed by atoms with Gasteiger partial charge in [0.25, 0.3) is 5.91 Å². The highest BCUT2D eigenvalue weighted by Crippen LogP contribution is 2.30. The number of H-pyrrole nitrogens is 1. The zero-order valence-corrected chi connectivity index (χ0v) is 25.1. The minimum Gasteiger partial charge on any atom is -0.385 e. The van der Waals surface area contributed by atoms with Gasteiger partial charge in [-0.15, -0.1) is 0 Å². The van der Waals surface area contributed by atoms with Crippen LogP contribution in [-0.2, 0) is 0 Å². The van der Waals surface area contributed by atoms with E-state index in [0.717, 1.165) is 64.7 Å². The third-order valence-corrected chi connectivity index (χ3v) is 8.00. The van der Waals surface area contributed by atoms with Crippen molar-refractivity contribution in [3.8, 4) is 0 Å². The average Bonchev–Trinajstić information content (AvgIpc) is 3.00. The highest BCUT2D eigenvalue weighted by molar-refractivity contribution is 6.32. The van der Waals surface area contributed by atoms with Crippen molar-refractivity contribution in [2.45, 2.75) is 64.5 Å². The molecule has 6 N–H and O–H groups in total. The number of piperidine rings is 1. The molecular weight excluding hydrogens is 546 g/mol. The number of carbonyl (C=O) groups is 2. The lowest BCUT2D eigenvalue weighted by Gasteiger charge is -2.47. The van der Waals surface area contributed by atoms with E-state index in [1.807, 2.05) is 4.90 Å². The van der Waals surface area contributed by atoms with Gasteiger partial charge in [0.15, 0.2) is 23.1 Å². The maximum Gasteiger partial charge on any atom is 0.257 e. The van der Waals surface area contributed by atoms with E-state index >= 15 is 0 Å². The van der Waals surface area contributed by atoms with Crippen molar-refractivity contribution in [2.24, 2.45) is 5.73 Å². The van der Waals surface area contributed by atoms with E-state index in [-0.39, 0.29) is 28.1 Å². The summed E-state index contributed by atoms with van der Waals surface area (Å²) in [6, 6.07) is 3.49. The Morgan fingerprint density at radius 1 is 1.15 bits per heavy atom. The number of amides is 1. The van der Waals surface area contributed by atoms with Crippen LogP contribution in [0.15, 0.2) is 16.9 Å². The average molecular weight is 590 g/mol. The number of nitrogens with zero attached hydrogens (tertiary/aromatic N) is 5. The second kappa shape index (κ2) is 15.7. The Labute approximate surface area is 246 Å². The number of carbonyl (C=O) groups excluding carboxylic acids is 2. The molecular formula is C28H44ClN9O3. The van der Waals surface area contributed by atoms with Gasteiger partial charge in [0.1, 0.15) is 11.5 Å². The summed E-state index contributed by atoms with van der Waals surface area (Å²) in [5, 5.41) is 3.51. The third kappa shape index (κ3) is 7.96. The Kier molecular flexibility index (Phi) is 12.4. The number of likely N-dealkylation sites (tertiary alicyclic amines) is 1. The topological polar surface area (TPSA) is 167 Å². The Bertz CT molecular complexity index is 1220. The number of pyridine rings is 1. The molecule has 226 valence electrons. The fourth-order valence-corrected chi connectivity index (χ4v) is 5.82. The number of nitrogens with one attached hydrogen (secondary N) is 2. The minimum absolute atomic E-state index is 0.110. The number of halogens is 1. The number of nitrogens with two attached hydrogens (primary N) is 2. The van der Waals surface area contributed by atoms with Crippen LogP contribution in [0.4, 0.5) is 17.5 Å². The molecule has 1 atom stereocenters. The maximum atomic E-state index is 13.0. The van der Waals surface area contributed by atoms with Gasteiger partial charge in [0, 0.05) is 57.4 Å². The van der Waals surface area contributed by atoms with Gasteiger partial charge >= 0.3 is 0 Å². The summed E-state index contributed by atoms with van der Waals surface area (Å²) in [4.78, 5) is 54.1. The van der Waals surface area contributed by atoms with Gasteiger partial charge in [-0.3, -0.25) is 19.3 Å². The number of nitrogen functional groups attached to an aromatic ring is 1. The predicted molar refractivity (Wildman–Crippen MR) is 164 cm³/mol. The molecule has 1 unspecified atom stereocenters. The van der Waals surface area contributed by atoms with E-state index in [1.165, 1.54) is 19.2 Å². The molecule has 12 nitrogen and oxygen atoms in total. The molecule has 0 aromatic carbocycles. The molecule has 1 amide bonds. The van der Waals surface area contributed by atoms with Crippen LogP contribution in [0.25, 0.3) is 0 Å². The maximum absolute atomic E-state index is 13.0. The molecule has 2 saturated heterocycles. The number of piperazine rings is 1. The van der Waals surface area contributed by atoms with Gasteiger partial charge in [-0.2, -0.15) is 0 Å². The summed E-state index contributed by atoms with van der Waals surface area (Å²) in [6.07, 6.45) is 6.60. The number of aromatic amines is 1. The molecule has 2 aromatic heterocycles. The Morgan fingerprint density at radius 3 is 2.51 bits per heavy atom. The van der Waals surface area contributed by atoms with Gasteiger partial charge in [-0.05, 0) is 38.8 Å². The van der Waals surface area contributed by atoms with E-state index in [4.69, 9.17) is 22.3 Å². The van der Waals surface area contributed by atoms with Gasteiger partial charge in [-0.1, -0.05) is 38.3 Å². The lowest BCUT2D eigenvalue weighted by atomic mass is 9.97. The highest BCUT2D eigenvalue weighted by Gasteiger charge is 2.35. The molecule has 0 spiro atoms. The second-order valence-corrected chi connectivity index (χ2v) is 10.6. The number of hydrogen-bond donors (Lipinski definition) is 4. The molecule has 0 bridgehead atoms. The van der Waals surface area contributed by atoms with Crippen LogP contribution < -0.4 is 27.2 Å². The summed E-state index contributed by atoms with van der Waals surface area (Å²) >= 11 is 6.51.